The van der Waals surface area contributed by atoms with Gasteiger partial charge in [-0.2, -0.15) is 5.10 Å². The first-order valence-electron chi connectivity index (χ1n) is 8.74. The van der Waals surface area contributed by atoms with E-state index in [9.17, 15) is 0 Å². The Hall–Kier alpha value is -1.75. The van der Waals surface area contributed by atoms with E-state index in [0.717, 1.165) is 30.0 Å². The van der Waals surface area contributed by atoms with E-state index in [4.69, 9.17) is 0 Å². The normalized spacial score (nSPS) is 19.4. The van der Waals surface area contributed by atoms with Gasteiger partial charge in [-0.25, -0.2) is 0 Å². The Morgan fingerprint density at radius 2 is 2.13 bits per heavy atom. The summed E-state index contributed by atoms with van der Waals surface area (Å²) in [4.78, 5) is 11.8. The van der Waals surface area contributed by atoms with Crippen LogP contribution in [0.1, 0.15) is 39.3 Å². The molecule has 2 aromatic heterocycles. The zero-order valence-corrected chi connectivity index (χ0v) is 14.4. The van der Waals surface area contributed by atoms with Gasteiger partial charge in [-0.3, -0.25) is 14.6 Å². The molecule has 1 saturated heterocycles. The lowest BCUT2D eigenvalue weighted by Gasteiger charge is -2.35. The Bertz CT molecular complexity index is 617. The van der Waals surface area contributed by atoms with E-state index < -0.39 is 0 Å². The summed E-state index contributed by atoms with van der Waals surface area (Å²) >= 11 is 0. The van der Waals surface area contributed by atoms with E-state index in [1.807, 2.05) is 29.3 Å². The van der Waals surface area contributed by atoms with E-state index in [2.05, 4.69) is 40.7 Å². The smallest absolute Gasteiger partial charge is 0.107 e. The predicted molar refractivity (Wildman–Crippen MR) is 92.1 cm³/mol. The zero-order valence-electron chi connectivity index (χ0n) is 14.4. The molecule has 23 heavy (non-hydrogen) atoms. The van der Waals surface area contributed by atoms with Gasteiger partial charge in [0.2, 0.25) is 0 Å². The Morgan fingerprint density at radius 3 is 2.83 bits per heavy atom. The molecule has 0 spiro atoms. The van der Waals surface area contributed by atoms with Crippen molar-refractivity contribution in [3.05, 3.63) is 30.4 Å². The first-order valence-corrected chi connectivity index (χ1v) is 8.74. The molecule has 0 aliphatic carbocycles. The molecule has 5 nitrogen and oxygen atoms in total. The second kappa shape index (κ2) is 7.21. The summed E-state index contributed by atoms with van der Waals surface area (Å²) in [6, 6.07) is 2.63. The maximum atomic E-state index is 4.65. The summed E-state index contributed by atoms with van der Waals surface area (Å²) in [7, 11) is 0. The highest BCUT2D eigenvalue weighted by Crippen LogP contribution is 2.22. The van der Waals surface area contributed by atoms with Crippen LogP contribution in [0.3, 0.4) is 0 Å². The Kier molecular flexibility index (Phi) is 5.06. The van der Waals surface area contributed by atoms with Crippen molar-refractivity contribution in [1.29, 1.82) is 0 Å². The maximum Gasteiger partial charge on any atom is 0.107 e. The summed E-state index contributed by atoms with van der Waals surface area (Å²) < 4.78 is 1.95. The minimum absolute atomic E-state index is 0.639. The average molecular weight is 313 g/mol. The van der Waals surface area contributed by atoms with Crippen molar-refractivity contribution < 1.29 is 0 Å². The molecule has 0 unspecified atom stereocenters. The van der Waals surface area contributed by atoms with Crippen molar-refractivity contribution in [2.24, 2.45) is 5.92 Å². The molecule has 0 radical (unpaired) electrons. The van der Waals surface area contributed by atoms with Crippen molar-refractivity contribution in [3.63, 3.8) is 0 Å². The van der Waals surface area contributed by atoms with Crippen molar-refractivity contribution in [2.75, 3.05) is 13.1 Å². The van der Waals surface area contributed by atoms with E-state index in [0.29, 0.717) is 12.0 Å². The number of likely N-dealkylation sites (tertiary alicyclic amines) is 1. The van der Waals surface area contributed by atoms with Crippen LogP contribution in [0, 0.1) is 5.92 Å². The van der Waals surface area contributed by atoms with Gasteiger partial charge in [-0.15, -0.1) is 0 Å². The number of rotatable bonds is 5. The lowest BCUT2D eigenvalue weighted by atomic mass is 9.93. The van der Waals surface area contributed by atoms with Crippen LogP contribution in [0.2, 0.25) is 0 Å². The van der Waals surface area contributed by atoms with Gasteiger partial charge in [-0.05, 0) is 58.6 Å². The standard InChI is InChI=1S/C18H27N5/c1-4-23-18(7-8-21-23)17-12-19-16(11-20-17)10-15-6-5-9-22(13-15)14(2)3/h7-8,11-12,14-15H,4-6,9-10,13H2,1-3H3/t15-/m1/s1. The van der Waals surface area contributed by atoms with E-state index >= 15 is 0 Å². The number of hydrogen-bond acceptors (Lipinski definition) is 4. The molecule has 5 heteroatoms. The minimum atomic E-state index is 0.639. The SMILES string of the molecule is CCn1nccc1-c1cnc(C[C@H]2CCCN(C(C)C)C2)cn1. The minimum Gasteiger partial charge on any atom is -0.301 e. The fourth-order valence-electron chi connectivity index (χ4n) is 3.42. The number of hydrogen-bond donors (Lipinski definition) is 0. The molecule has 1 aliphatic rings. The lowest BCUT2D eigenvalue weighted by Crippen LogP contribution is -2.40. The third kappa shape index (κ3) is 3.78. The molecule has 1 atom stereocenters. The average Bonchev–Trinajstić information content (AvgIpc) is 3.04. The molecule has 3 rings (SSSR count). The molecule has 0 bridgehead atoms. The molecule has 3 heterocycles. The van der Waals surface area contributed by atoms with Crippen LogP contribution in [0.4, 0.5) is 0 Å². The quantitative estimate of drug-likeness (QED) is 0.851. The molecule has 1 aliphatic heterocycles. The van der Waals surface area contributed by atoms with Gasteiger partial charge in [0.25, 0.3) is 0 Å². The molecule has 0 N–H and O–H groups in total. The summed E-state index contributed by atoms with van der Waals surface area (Å²) in [6.45, 7) is 9.92. The summed E-state index contributed by atoms with van der Waals surface area (Å²) in [5.74, 6) is 0.701. The molecule has 124 valence electrons. The van der Waals surface area contributed by atoms with Crippen LogP contribution in [-0.2, 0) is 13.0 Å². The van der Waals surface area contributed by atoms with Gasteiger partial charge in [0.05, 0.1) is 17.6 Å². The fraction of sp³-hybridized carbons (Fsp3) is 0.611. The monoisotopic (exact) mass is 313 g/mol. The molecular weight excluding hydrogens is 286 g/mol. The largest absolute Gasteiger partial charge is 0.301 e. The molecule has 0 amide bonds. The Morgan fingerprint density at radius 1 is 1.26 bits per heavy atom. The number of nitrogens with zero attached hydrogens (tertiary/aromatic N) is 5. The first-order chi connectivity index (χ1) is 11.2. The highest BCUT2D eigenvalue weighted by atomic mass is 15.3. The molecule has 0 saturated carbocycles. The van der Waals surface area contributed by atoms with Crippen LogP contribution < -0.4 is 0 Å². The fourth-order valence-corrected chi connectivity index (χ4v) is 3.42. The Labute approximate surface area is 138 Å². The van der Waals surface area contributed by atoms with Crippen LogP contribution >= 0.6 is 0 Å². The summed E-state index contributed by atoms with van der Waals surface area (Å²) in [5.41, 5.74) is 3.04. The van der Waals surface area contributed by atoms with Gasteiger partial charge >= 0.3 is 0 Å². The second-order valence-electron chi connectivity index (χ2n) is 6.73. The molecule has 0 aromatic carbocycles. The first kappa shape index (κ1) is 16.1. The van der Waals surface area contributed by atoms with E-state index in [-0.39, 0.29) is 0 Å². The van der Waals surface area contributed by atoms with Gasteiger partial charge in [0.15, 0.2) is 0 Å². The number of piperidine rings is 1. The maximum absolute atomic E-state index is 4.65. The van der Waals surface area contributed by atoms with Crippen LogP contribution in [0.25, 0.3) is 11.4 Å². The van der Waals surface area contributed by atoms with Crippen molar-refractivity contribution in [3.8, 4) is 11.4 Å². The number of aryl methyl sites for hydroxylation is 1. The molecule has 2 aromatic rings. The summed E-state index contributed by atoms with van der Waals surface area (Å²) in [6.07, 6.45) is 9.28. The van der Waals surface area contributed by atoms with Gasteiger partial charge in [0, 0.05) is 31.5 Å². The van der Waals surface area contributed by atoms with Crippen molar-refractivity contribution in [2.45, 2.75) is 52.6 Å². The van der Waals surface area contributed by atoms with E-state index in [1.54, 1.807) is 0 Å². The van der Waals surface area contributed by atoms with Crippen LogP contribution in [0.5, 0.6) is 0 Å². The highest BCUT2D eigenvalue weighted by Gasteiger charge is 2.22. The molecule has 1 fully saturated rings. The zero-order chi connectivity index (χ0) is 16.2. The Balaban J connectivity index is 1.66. The van der Waals surface area contributed by atoms with Crippen LogP contribution in [0.15, 0.2) is 24.7 Å². The highest BCUT2D eigenvalue weighted by molar-refractivity contribution is 5.52. The van der Waals surface area contributed by atoms with E-state index in [1.165, 1.54) is 25.9 Å². The summed E-state index contributed by atoms with van der Waals surface area (Å²) in [5, 5.41) is 4.30. The second-order valence-corrected chi connectivity index (χ2v) is 6.73. The van der Waals surface area contributed by atoms with Gasteiger partial charge in [-0.1, -0.05) is 0 Å². The van der Waals surface area contributed by atoms with Gasteiger partial charge < -0.3 is 4.90 Å². The molecular formula is C18H27N5. The van der Waals surface area contributed by atoms with Crippen molar-refractivity contribution in [1.82, 2.24) is 24.6 Å². The third-order valence-electron chi connectivity index (χ3n) is 4.76. The van der Waals surface area contributed by atoms with Crippen LogP contribution in [-0.4, -0.2) is 43.8 Å². The topological polar surface area (TPSA) is 46.8 Å². The third-order valence-corrected chi connectivity index (χ3v) is 4.76. The number of aromatic nitrogens is 4. The predicted octanol–water partition coefficient (Wildman–Crippen LogP) is 3.02. The van der Waals surface area contributed by atoms with Gasteiger partial charge in [0.1, 0.15) is 5.69 Å². The lowest BCUT2D eigenvalue weighted by molar-refractivity contribution is 0.139. The van der Waals surface area contributed by atoms with Crippen molar-refractivity contribution >= 4 is 0 Å².